The molecule has 1 amide bonds. The van der Waals surface area contributed by atoms with Gasteiger partial charge < -0.3 is 15.0 Å². The molecule has 112 valence electrons. The molecule has 1 N–H and O–H groups in total. The van der Waals surface area contributed by atoms with Crippen LogP contribution in [0, 0.1) is 0 Å². The van der Waals surface area contributed by atoms with E-state index in [-0.39, 0.29) is 5.91 Å². The summed E-state index contributed by atoms with van der Waals surface area (Å²) in [7, 11) is 1.71. The molecule has 0 bridgehead atoms. The van der Waals surface area contributed by atoms with Crippen molar-refractivity contribution in [3.63, 3.8) is 0 Å². The average Bonchev–Trinajstić information content (AvgIpc) is 2.55. The summed E-state index contributed by atoms with van der Waals surface area (Å²) < 4.78 is 5.16. The van der Waals surface area contributed by atoms with E-state index in [0.717, 1.165) is 38.0 Å². The molecular formula is C17H22N2O2. The lowest BCUT2D eigenvalue weighted by molar-refractivity contribution is 0.0763. The normalized spacial score (nSPS) is 18.1. The molecule has 0 atom stereocenters. The SMILES string of the molecule is COCC1=CCN(C(=O)c2cccc3c2CCNC3)CC1. The van der Waals surface area contributed by atoms with Crippen molar-refractivity contribution in [3.8, 4) is 0 Å². The zero-order valence-corrected chi connectivity index (χ0v) is 12.5. The van der Waals surface area contributed by atoms with Crippen molar-refractivity contribution >= 4 is 5.91 Å². The number of nitrogens with zero attached hydrogens (tertiary/aromatic N) is 1. The maximum Gasteiger partial charge on any atom is 0.254 e. The smallest absolute Gasteiger partial charge is 0.254 e. The first-order valence-corrected chi connectivity index (χ1v) is 7.57. The van der Waals surface area contributed by atoms with Crippen molar-refractivity contribution in [1.82, 2.24) is 10.2 Å². The van der Waals surface area contributed by atoms with Crippen molar-refractivity contribution < 1.29 is 9.53 Å². The maximum absolute atomic E-state index is 12.8. The molecule has 0 aliphatic carbocycles. The molecule has 2 heterocycles. The fraction of sp³-hybridized carbons (Fsp3) is 0.471. The summed E-state index contributed by atoms with van der Waals surface area (Å²) in [5.41, 5.74) is 4.67. The predicted octanol–water partition coefficient (Wildman–Crippen LogP) is 1.75. The maximum atomic E-state index is 12.8. The molecule has 1 aromatic rings. The Hall–Kier alpha value is -1.65. The van der Waals surface area contributed by atoms with E-state index in [1.165, 1.54) is 16.7 Å². The Morgan fingerprint density at radius 2 is 2.29 bits per heavy atom. The Kier molecular flexibility index (Phi) is 4.36. The third-order valence-corrected chi connectivity index (χ3v) is 4.29. The third kappa shape index (κ3) is 3.01. The Bertz CT molecular complexity index is 566. The van der Waals surface area contributed by atoms with Gasteiger partial charge in [0.2, 0.25) is 0 Å². The van der Waals surface area contributed by atoms with Gasteiger partial charge in [-0.05, 0) is 42.2 Å². The summed E-state index contributed by atoms with van der Waals surface area (Å²) in [6.07, 6.45) is 3.98. The molecule has 21 heavy (non-hydrogen) atoms. The van der Waals surface area contributed by atoms with E-state index in [2.05, 4.69) is 17.5 Å². The lowest BCUT2D eigenvalue weighted by Crippen LogP contribution is -2.36. The van der Waals surface area contributed by atoms with Gasteiger partial charge in [0.25, 0.3) is 5.91 Å². The second kappa shape index (κ2) is 6.41. The second-order valence-electron chi connectivity index (χ2n) is 5.67. The van der Waals surface area contributed by atoms with Crippen LogP contribution in [-0.4, -0.2) is 44.2 Å². The first-order valence-electron chi connectivity index (χ1n) is 7.57. The fourth-order valence-electron chi connectivity index (χ4n) is 3.11. The number of benzene rings is 1. The van der Waals surface area contributed by atoms with Crippen molar-refractivity contribution in [1.29, 1.82) is 0 Å². The molecule has 4 heteroatoms. The zero-order chi connectivity index (χ0) is 14.7. The molecule has 0 saturated carbocycles. The molecule has 4 nitrogen and oxygen atoms in total. The standard InChI is InChI=1S/C17H22N2O2/c1-21-12-13-6-9-19(10-7-13)17(20)16-4-2-3-14-11-18-8-5-15(14)16/h2-4,6,18H,5,7-12H2,1H3. The van der Waals surface area contributed by atoms with E-state index in [1.54, 1.807) is 7.11 Å². The van der Waals surface area contributed by atoms with Crippen LogP contribution in [0.4, 0.5) is 0 Å². The highest BCUT2D eigenvalue weighted by Crippen LogP contribution is 2.22. The molecule has 2 aliphatic rings. The molecule has 0 radical (unpaired) electrons. The van der Waals surface area contributed by atoms with Crippen LogP contribution < -0.4 is 5.32 Å². The molecule has 1 aromatic carbocycles. The van der Waals surface area contributed by atoms with Crippen LogP contribution in [0.3, 0.4) is 0 Å². The number of carbonyl (C=O) groups is 1. The van der Waals surface area contributed by atoms with Crippen molar-refractivity contribution in [2.75, 3.05) is 33.4 Å². The number of fused-ring (bicyclic) bond motifs is 1. The lowest BCUT2D eigenvalue weighted by Gasteiger charge is -2.28. The van der Waals surface area contributed by atoms with Crippen LogP contribution in [0.25, 0.3) is 0 Å². The highest BCUT2D eigenvalue weighted by Gasteiger charge is 2.23. The van der Waals surface area contributed by atoms with Crippen molar-refractivity contribution in [2.45, 2.75) is 19.4 Å². The third-order valence-electron chi connectivity index (χ3n) is 4.29. The molecule has 2 aliphatic heterocycles. The Morgan fingerprint density at radius 3 is 3.05 bits per heavy atom. The number of methoxy groups -OCH3 is 1. The first kappa shape index (κ1) is 14.3. The zero-order valence-electron chi connectivity index (χ0n) is 12.5. The number of amides is 1. The van der Waals surface area contributed by atoms with Gasteiger partial charge in [-0.3, -0.25) is 4.79 Å². The molecule has 0 spiro atoms. The number of ether oxygens (including phenoxy) is 1. The van der Waals surface area contributed by atoms with E-state index in [4.69, 9.17) is 4.74 Å². The first-order chi connectivity index (χ1) is 10.3. The summed E-state index contributed by atoms with van der Waals surface area (Å²) in [5, 5.41) is 3.36. The topological polar surface area (TPSA) is 41.6 Å². The van der Waals surface area contributed by atoms with Gasteiger partial charge in [0, 0.05) is 32.3 Å². The van der Waals surface area contributed by atoms with Gasteiger partial charge in [0.05, 0.1) is 6.61 Å². The monoisotopic (exact) mass is 286 g/mol. The molecular weight excluding hydrogens is 264 g/mol. The second-order valence-corrected chi connectivity index (χ2v) is 5.67. The van der Waals surface area contributed by atoms with Crippen LogP contribution in [0.1, 0.15) is 27.9 Å². The molecule has 0 aromatic heterocycles. The predicted molar refractivity (Wildman–Crippen MR) is 82.3 cm³/mol. The van der Waals surface area contributed by atoms with Crippen LogP contribution in [0.2, 0.25) is 0 Å². The minimum absolute atomic E-state index is 0.168. The number of carbonyl (C=O) groups excluding carboxylic acids is 1. The van der Waals surface area contributed by atoms with Crippen LogP contribution >= 0.6 is 0 Å². The van der Waals surface area contributed by atoms with E-state index < -0.39 is 0 Å². The molecule has 0 unspecified atom stereocenters. The highest BCUT2D eigenvalue weighted by atomic mass is 16.5. The van der Waals surface area contributed by atoms with Crippen LogP contribution in [0.15, 0.2) is 29.8 Å². The Morgan fingerprint density at radius 1 is 1.38 bits per heavy atom. The number of rotatable bonds is 3. The fourth-order valence-corrected chi connectivity index (χ4v) is 3.11. The van der Waals surface area contributed by atoms with Crippen LogP contribution in [-0.2, 0) is 17.7 Å². The summed E-state index contributed by atoms with van der Waals surface area (Å²) in [6.45, 7) is 3.98. The van der Waals surface area contributed by atoms with E-state index in [9.17, 15) is 4.79 Å². The molecule has 3 rings (SSSR count). The minimum atomic E-state index is 0.168. The van der Waals surface area contributed by atoms with Gasteiger partial charge in [-0.2, -0.15) is 0 Å². The summed E-state index contributed by atoms with van der Waals surface area (Å²) in [6, 6.07) is 6.08. The van der Waals surface area contributed by atoms with Gasteiger partial charge in [-0.25, -0.2) is 0 Å². The lowest BCUT2D eigenvalue weighted by atomic mass is 9.94. The molecule has 0 fully saturated rings. The highest BCUT2D eigenvalue weighted by molar-refractivity contribution is 5.96. The van der Waals surface area contributed by atoms with Crippen molar-refractivity contribution in [3.05, 3.63) is 46.5 Å². The van der Waals surface area contributed by atoms with Crippen molar-refractivity contribution in [2.24, 2.45) is 0 Å². The number of hydrogen-bond donors (Lipinski definition) is 1. The van der Waals surface area contributed by atoms with E-state index in [0.29, 0.717) is 13.2 Å². The van der Waals surface area contributed by atoms with E-state index in [1.807, 2.05) is 17.0 Å². The van der Waals surface area contributed by atoms with Gasteiger partial charge in [0.15, 0.2) is 0 Å². The molecule has 0 saturated heterocycles. The summed E-state index contributed by atoms with van der Waals surface area (Å²) >= 11 is 0. The number of nitrogens with one attached hydrogen (secondary N) is 1. The number of hydrogen-bond acceptors (Lipinski definition) is 3. The van der Waals surface area contributed by atoms with Gasteiger partial charge >= 0.3 is 0 Å². The quantitative estimate of drug-likeness (QED) is 0.861. The largest absolute Gasteiger partial charge is 0.380 e. The van der Waals surface area contributed by atoms with Gasteiger partial charge in [-0.1, -0.05) is 18.2 Å². The van der Waals surface area contributed by atoms with Gasteiger partial charge in [-0.15, -0.1) is 0 Å². The van der Waals surface area contributed by atoms with Gasteiger partial charge in [0.1, 0.15) is 0 Å². The summed E-state index contributed by atoms with van der Waals surface area (Å²) in [4.78, 5) is 14.7. The van der Waals surface area contributed by atoms with E-state index >= 15 is 0 Å². The Balaban J connectivity index is 1.77. The minimum Gasteiger partial charge on any atom is -0.380 e. The average molecular weight is 286 g/mol. The van der Waals surface area contributed by atoms with Crippen LogP contribution in [0.5, 0.6) is 0 Å². The Labute approximate surface area is 125 Å². The summed E-state index contributed by atoms with van der Waals surface area (Å²) in [5.74, 6) is 0.168.